The maximum Gasteiger partial charge on any atom is 0.312 e. The Hall–Kier alpha value is -6.94. The predicted molar refractivity (Wildman–Crippen MR) is 251 cm³/mol. The fourth-order valence-electron chi connectivity index (χ4n) is 8.55. The zero-order chi connectivity index (χ0) is 52.4. The van der Waals surface area contributed by atoms with E-state index >= 15 is 0 Å². The summed E-state index contributed by atoms with van der Waals surface area (Å²) in [5, 5.41) is 81.7. The van der Waals surface area contributed by atoms with Crippen molar-refractivity contribution in [2.45, 2.75) is 86.0 Å². The van der Waals surface area contributed by atoms with E-state index in [1.54, 1.807) is 45.5 Å². The van der Waals surface area contributed by atoms with Crippen LogP contribution in [0.3, 0.4) is 0 Å². The molecule has 30 heteroatoms. The number of nitrogens with zero attached hydrogens (tertiary/aromatic N) is 12. The lowest BCUT2D eigenvalue weighted by molar-refractivity contribution is -0.124. The van der Waals surface area contributed by atoms with Crippen LogP contribution in [0.1, 0.15) is 24.2 Å². The van der Waals surface area contributed by atoms with E-state index in [1.165, 1.54) is 29.9 Å². The molecule has 13 atom stereocenters. The highest BCUT2D eigenvalue weighted by molar-refractivity contribution is 5.86. The Morgan fingerprint density at radius 1 is 0.712 bits per heavy atom. The van der Waals surface area contributed by atoms with Crippen molar-refractivity contribution in [2.75, 3.05) is 57.4 Å². The zero-order valence-corrected chi connectivity index (χ0v) is 39.2. The van der Waals surface area contributed by atoms with Gasteiger partial charge in [-0.3, -0.25) is 13.9 Å². The number of methoxy groups -OCH3 is 1. The molecule has 0 bridgehead atoms. The fourth-order valence-corrected chi connectivity index (χ4v) is 8.55. The number of nitrogens with one attached hydrogen (secondary N) is 1. The number of aliphatic hydroxyl groups excluding tert-OH is 8. The molecule has 3 aliphatic heterocycles. The molecular weight excluding hydrogens is 968 g/mol. The van der Waals surface area contributed by atoms with Gasteiger partial charge in [0.05, 0.1) is 57.1 Å². The van der Waals surface area contributed by atoms with Gasteiger partial charge in [-0.15, -0.1) is 0 Å². The molecule has 15 N–H and O–H groups in total. The topological polar surface area (TPSA) is 427 Å². The van der Waals surface area contributed by atoms with Gasteiger partial charge >= 0.3 is 6.08 Å². The number of rotatable bonds is 12. The van der Waals surface area contributed by atoms with Crippen molar-refractivity contribution >= 4 is 56.7 Å². The lowest BCUT2D eigenvalue weighted by atomic mass is 10.0. The molecule has 3 saturated heterocycles. The van der Waals surface area contributed by atoms with Gasteiger partial charge < -0.3 is 91.8 Å². The number of anilines is 3. The van der Waals surface area contributed by atoms with Crippen molar-refractivity contribution in [3.8, 4) is 5.75 Å². The number of aromatic nitrogens is 11. The molecule has 0 saturated carbocycles. The molecule has 7 aromatic rings. The smallest absolute Gasteiger partial charge is 0.312 e. The Kier molecular flexibility index (Phi) is 15.8. The minimum atomic E-state index is -1.32. The summed E-state index contributed by atoms with van der Waals surface area (Å²) in [6.07, 6.45) is -5.11. The van der Waals surface area contributed by atoms with Gasteiger partial charge in [-0.05, 0) is 30.2 Å². The Balaban J connectivity index is 0.000000156. The van der Waals surface area contributed by atoms with E-state index in [9.17, 15) is 39.8 Å². The van der Waals surface area contributed by atoms with Crippen molar-refractivity contribution in [1.82, 2.24) is 58.9 Å². The lowest BCUT2D eigenvalue weighted by Crippen LogP contribution is -2.53. The van der Waals surface area contributed by atoms with Crippen LogP contribution in [0.15, 0.2) is 61.8 Å². The lowest BCUT2D eigenvalue weighted by Gasteiger charge is -2.23. The molecule has 29 nitrogen and oxygen atoms in total. The Morgan fingerprint density at radius 2 is 1.27 bits per heavy atom. The number of imidazole rings is 2. The van der Waals surface area contributed by atoms with E-state index in [0.717, 1.165) is 5.56 Å². The van der Waals surface area contributed by atoms with Crippen LogP contribution in [0, 0.1) is 6.08 Å². The van der Waals surface area contributed by atoms with Gasteiger partial charge in [-0.1, -0.05) is 12.1 Å². The zero-order valence-electron chi connectivity index (χ0n) is 39.2. The summed E-state index contributed by atoms with van der Waals surface area (Å²) in [5.74, 6) is 1.05. The predicted octanol–water partition coefficient (Wildman–Crippen LogP) is -4.01. The van der Waals surface area contributed by atoms with E-state index in [-0.39, 0.29) is 23.6 Å². The second-order valence-corrected chi connectivity index (χ2v) is 17.2. The van der Waals surface area contributed by atoms with Crippen LogP contribution in [0.4, 0.5) is 21.8 Å². The monoisotopic (exact) mass is 1020 g/mol. The Morgan fingerprint density at radius 3 is 1.88 bits per heavy atom. The van der Waals surface area contributed by atoms with Crippen LogP contribution in [0.2, 0.25) is 0 Å². The normalized spacial score (nSPS) is 27.1. The molecule has 3 fully saturated rings. The van der Waals surface area contributed by atoms with Crippen LogP contribution in [0.25, 0.3) is 33.4 Å². The second-order valence-electron chi connectivity index (χ2n) is 17.2. The number of hydrogen-bond acceptors (Lipinski definition) is 25. The third-order valence-electron chi connectivity index (χ3n) is 12.4. The van der Waals surface area contributed by atoms with E-state index < -0.39 is 105 Å². The van der Waals surface area contributed by atoms with Gasteiger partial charge in [-0.25, -0.2) is 29.9 Å². The average Bonchev–Trinajstić information content (AvgIpc) is 4.25. The van der Waals surface area contributed by atoms with Gasteiger partial charge in [0.1, 0.15) is 78.7 Å². The number of benzene rings is 1. The molecule has 0 spiro atoms. The molecule has 3 aliphatic rings. The molecule has 10 rings (SSSR count). The third kappa shape index (κ3) is 10.4. The minimum Gasteiger partial charge on any atom is -0.497 e. The standard InChI is InChI=1S/C22H29N7O5.C11H14N4O4.C10H12FN5O4/c1-28(2)19-17-20(25-10-24-19)29(11-26-17)22-18(31)16(15(9-30)34-22)27-21(32)14(23)8-12-4-6-13(33-3)7-5-12;12-9-5-1-2-15(10(5)14-4-13-9)11-8(18)7(17)6(3-16)19-11;11-10-14-7(12)4-8(15-10)16(2-13-4)9-6(19)5(18)3(1-17)20-9/h4-7,10-11,14-16,18,22,30-31H,8-9,23H2,1-3H3,(H,27,32);1-2,4,6-8,11,16-18H,3H2,(H2,12,13,14);2-3,5-6,9,17-19H,1H2,(H2,12,14,15)/t14-,15+,16+,18+,22+;6-,7-,8-,11-;3-,5-,6+,9-/m011/s1. The number of carbonyl (C=O) groups is 1. The first-order valence-corrected chi connectivity index (χ1v) is 22.5. The van der Waals surface area contributed by atoms with Crippen LogP contribution in [-0.2, 0) is 25.4 Å². The van der Waals surface area contributed by atoms with Crippen molar-refractivity contribution in [3.05, 3.63) is 73.5 Å². The number of hydrogen-bond donors (Lipinski definition) is 12. The highest BCUT2D eigenvalue weighted by Gasteiger charge is 2.47. The van der Waals surface area contributed by atoms with Crippen molar-refractivity contribution in [1.29, 1.82) is 0 Å². The minimum absolute atomic E-state index is 0.0323. The van der Waals surface area contributed by atoms with Gasteiger partial charge in [0.2, 0.25) is 5.91 Å². The molecule has 0 aliphatic carbocycles. The number of fused-ring (bicyclic) bond motifs is 3. The van der Waals surface area contributed by atoms with E-state index in [1.807, 2.05) is 26.2 Å². The highest BCUT2D eigenvalue weighted by Crippen LogP contribution is 2.35. The largest absolute Gasteiger partial charge is 0.497 e. The first-order chi connectivity index (χ1) is 35.0. The van der Waals surface area contributed by atoms with Crippen LogP contribution in [0.5, 0.6) is 5.75 Å². The van der Waals surface area contributed by atoms with Gasteiger partial charge in [0, 0.05) is 20.3 Å². The summed E-state index contributed by atoms with van der Waals surface area (Å²) < 4.78 is 39.4. The van der Waals surface area contributed by atoms with E-state index in [4.69, 9.17) is 46.4 Å². The Bertz CT molecular complexity index is 3000. The average molecular weight is 1020 g/mol. The molecular formula is C43H55FN16O13. The number of carbonyl (C=O) groups excluding carboxylic acids is 1. The molecule has 0 radical (unpaired) electrons. The number of amides is 1. The first-order valence-electron chi connectivity index (χ1n) is 22.5. The maximum atomic E-state index is 13.2. The maximum absolute atomic E-state index is 13.2. The third-order valence-corrected chi connectivity index (χ3v) is 12.4. The van der Waals surface area contributed by atoms with Gasteiger partial charge in [-0.2, -0.15) is 14.4 Å². The summed E-state index contributed by atoms with van der Waals surface area (Å²) in [7, 11) is 5.25. The highest BCUT2D eigenvalue weighted by atomic mass is 19.1. The molecule has 73 heavy (non-hydrogen) atoms. The summed E-state index contributed by atoms with van der Waals surface area (Å²) in [5.41, 5.74) is 19.9. The summed E-state index contributed by atoms with van der Waals surface area (Å²) in [6, 6.07) is 7.23. The molecule has 1 amide bonds. The Labute approximate surface area is 412 Å². The molecule has 1 aromatic carbocycles. The van der Waals surface area contributed by atoms with Crippen molar-refractivity contribution in [3.63, 3.8) is 0 Å². The van der Waals surface area contributed by atoms with Crippen molar-refractivity contribution in [2.24, 2.45) is 5.73 Å². The number of aliphatic hydroxyl groups is 8. The van der Waals surface area contributed by atoms with E-state index in [0.29, 0.717) is 46.0 Å². The SMILES string of the molecule is COc1ccc(C[C@H](N)C(=O)N[C@H]2[C@@H](O)[C@H](n3cnc4c(N(C)C)ncnc43)O[C@@H]2CO)cc1.Nc1nc(F)nc2c1ncn2[C@@H]1O[C@H](CO)[C@@H](O)[C@@H]1O.Nc1ncnc2c1ccn2[C@@H]1O[C@H](CO)[C@@H](O)[C@H]1O. The van der Waals surface area contributed by atoms with Crippen molar-refractivity contribution < 1.29 is 69.0 Å². The summed E-state index contributed by atoms with van der Waals surface area (Å²) in [6.45, 7) is -1.24. The fraction of sp³-hybridized carbons (Fsp3) is 0.465. The number of nitrogen functional groups attached to an aromatic ring is 2. The molecule has 0 unspecified atom stereocenters. The summed E-state index contributed by atoms with van der Waals surface area (Å²) in [4.78, 5) is 46.3. The van der Waals surface area contributed by atoms with Crippen LogP contribution >= 0.6 is 0 Å². The summed E-state index contributed by atoms with van der Waals surface area (Å²) >= 11 is 0. The van der Waals surface area contributed by atoms with Gasteiger partial charge in [0.25, 0.3) is 0 Å². The van der Waals surface area contributed by atoms with E-state index in [2.05, 4.69) is 45.2 Å². The quantitative estimate of drug-likeness (QED) is 0.0519. The number of halogens is 1. The molecule has 9 heterocycles. The number of ether oxygens (including phenoxy) is 4. The molecule has 392 valence electrons. The second kappa shape index (κ2) is 22.0. The van der Waals surface area contributed by atoms with Crippen LogP contribution in [-0.4, -0.2) is 202 Å². The first kappa shape index (κ1) is 52.4. The van der Waals surface area contributed by atoms with Gasteiger partial charge in [0.15, 0.2) is 52.6 Å². The van der Waals surface area contributed by atoms with Crippen LogP contribution < -0.4 is 32.2 Å². The molecule has 6 aromatic heterocycles. The number of nitrogens with two attached hydrogens (primary N) is 3.